The zero-order valence-corrected chi connectivity index (χ0v) is 19.0. The first kappa shape index (κ1) is 22.7. The minimum Gasteiger partial charge on any atom is -0.352 e. The predicted molar refractivity (Wildman–Crippen MR) is 125 cm³/mol. The van der Waals surface area contributed by atoms with Crippen molar-refractivity contribution in [3.8, 4) is 0 Å². The maximum atomic E-state index is 6.36. The van der Waals surface area contributed by atoms with Crippen LogP contribution in [-0.4, -0.2) is 48.6 Å². The number of anilines is 1. The van der Waals surface area contributed by atoms with Crippen molar-refractivity contribution in [3.63, 3.8) is 0 Å². The quantitative estimate of drug-likeness (QED) is 0.335. The minimum absolute atomic E-state index is 0.158. The summed E-state index contributed by atoms with van der Waals surface area (Å²) in [4.78, 5) is 7.43. The molecule has 4 N–H and O–H groups in total. The molecule has 2 fully saturated rings. The summed E-state index contributed by atoms with van der Waals surface area (Å²) >= 11 is 12.4. The maximum Gasteiger partial charge on any atom is 0.196 e. The van der Waals surface area contributed by atoms with Crippen molar-refractivity contribution in [3.05, 3.63) is 28.2 Å². The van der Waals surface area contributed by atoms with E-state index in [2.05, 4.69) is 22.5 Å². The van der Waals surface area contributed by atoms with Crippen LogP contribution < -0.4 is 16.4 Å². The van der Waals surface area contributed by atoms with Crippen LogP contribution in [0.4, 0.5) is 5.69 Å². The number of guanidine groups is 1. The molecule has 0 amide bonds. The van der Waals surface area contributed by atoms with Crippen LogP contribution in [0.25, 0.3) is 0 Å². The molecule has 29 heavy (non-hydrogen) atoms. The van der Waals surface area contributed by atoms with Crippen molar-refractivity contribution in [1.29, 1.82) is 0 Å². The third-order valence-corrected chi connectivity index (χ3v) is 6.69. The molecule has 7 heteroatoms. The van der Waals surface area contributed by atoms with Gasteiger partial charge in [-0.1, -0.05) is 42.5 Å². The maximum absolute atomic E-state index is 6.36. The fourth-order valence-corrected chi connectivity index (χ4v) is 4.76. The molecule has 0 bridgehead atoms. The molecule has 0 spiro atoms. The standard InChI is InChI=1S/C22H35Cl2N5/c1-16-7-4-5-13-29(16)14-6-12-26-22(28-21-9-3-2-8-19(21)25)27-20-11-10-17(23)15-18(20)24/h10-11,15-16,19,21H,2-9,12-14,25H2,1H3,(H2,26,27,28)/t16?,19-,21-/m0/s1. The Morgan fingerprint density at radius 3 is 2.72 bits per heavy atom. The van der Waals surface area contributed by atoms with Gasteiger partial charge in [0, 0.05) is 36.2 Å². The van der Waals surface area contributed by atoms with Crippen molar-refractivity contribution >= 4 is 34.8 Å². The van der Waals surface area contributed by atoms with Gasteiger partial charge >= 0.3 is 0 Å². The first-order chi connectivity index (χ1) is 14.0. The molecule has 1 aromatic rings. The Hall–Kier alpha value is -1.01. The lowest BCUT2D eigenvalue weighted by Crippen LogP contribution is -2.51. The van der Waals surface area contributed by atoms with Gasteiger partial charge < -0.3 is 21.3 Å². The van der Waals surface area contributed by atoms with Gasteiger partial charge in [-0.25, -0.2) is 0 Å². The molecule has 1 aromatic carbocycles. The number of nitrogens with zero attached hydrogens (tertiary/aromatic N) is 2. The summed E-state index contributed by atoms with van der Waals surface area (Å²) in [7, 11) is 0. The average Bonchev–Trinajstić information content (AvgIpc) is 2.70. The highest BCUT2D eigenvalue weighted by atomic mass is 35.5. The van der Waals surface area contributed by atoms with E-state index in [1.165, 1.54) is 38.6 Å². The Morgan fingerprint density at radius 2 is 1.97 bits per heavy atom. The second-order valence-electron chi connectivity index (χ2n) is 8.41. The average molecular weight is 440 g/mol. The molecule has 1 saturated carbocycles. The Labute approximate surface area is 185 Å². The molecular formula is C22H35Cl2N5. The molecular weight excluding hydrogens is 405 g/mol. The second-order valence-corrected chi connectivity index (χ2v) is 9.26. The number of hydrogen-bond donors (Lipinski definition) is 3. The van der Waals surface area contributed by atoms with E-state index >= 15 is 0 Å². The Bertz CT molecular complexity index is 681. The number of hydrogen-bond acceptors (Lipinski definition) is 3. The van der Waals surface area contributed by atoms with Crippen molar-refractivity contribution < 1.29 is 0 Å². The van der Waals surface area contributed by atoms with Crippen LogP contribution in [0.5, 0.6) is 0 Å². The summed E-state index contributed by atoms with van der Waals surface area (Å²) in [5.74, 6) is 0.753. The molecule has 162 valence electrons. The number of rotatable bonds is 6. The van der Waals surface area contributed by atoms with E-state index in [1.54, 1.807) is 6.07 Å². The highest BCUT2D eigenvalue weighted by molar-refractivity contribution is 6.36. The van der Waals surface area contributed by atoms with E-state index in [9.17, 15) is 0 Å². The SMILES string of the molecule is CC1CCCCN1CCCN=C(Nc1ccc(Cl)cc1Cl)N[C@H]1CCCC[C@@H]1N. The van der Waals surface area contributed by atoms with E-state index in [-0.39, 0.29) is 12.1 Å². The normalized spacial score (nSPS) is 26.3. The van der Waals surface area contributed by atoms with Crippen LogP contribution in [0.2, 0.25) is 10.0 Å². The number of aliphatic imine (C=N–C) groups is 1. The largest absolute Gasteiger partial charge is 0.352 e. The third kappa shape index (κ3) is 7.02. The molecule has 1 unspecified atom stereocenters. The Balaban J connectivity index is 1.61. The van der Waals surface area contributed by atoms with E-state index in [0.717, 1.165) is 44.0 Å². The smallest absolute Gasteiger partial charge is 0.196 e. The van der Waals surface area contributed by atoms with Gasteiger partial charge in [0.05, 0.1) is 10.7 Å². The molecule has 1 aliphatic heterocycles. The number of likely N-dealkylation sites (tertiary alicyclic amines) is 1. The molecule has 1 saturated heterocycles. The van der Waals surface area contributed by atoms with Gasteiger partial charge in [-0.05, 0) is 63.8 Å². The lowest BCUT2D eigenvalue weighted by molar-refractivity contribution is 0.160. The van der Waals surface area contributed by atoms with Crippen molar-refractivity contribution in [1.82, 2.24) is 10.2 Å². The number of benzene rings is 1. The second kappa shape index (κ2) is 11.4. The van der Waals surface area contributed by atoms with Gasteiger partial charge in [0.2, 0.25) is 0 Å². The molecule has 5 nitrogen and oxygen atoms in total. The van der Waals surface area contributed by atoms with Crippen LogP contribution >= 0.6 is 23.2 Å². The predicted octanol–water partition coefficient (Wildman–Crippen LogP) is 4.89. The summed E-state index contributed by atoms with van der Waals surface area (Å²) in [6.07, 6.45) is 9.56. The molecule has 0 radical (unpaired) electrons. The molecule has 1 aliphatic carbocycles. The molecule has 2 aliphatic rings. The van der Waals surface area contributed by atoms with E-state index in [1.807, 2.05) is 12.1 Å². The lowest BCUT2D eigenvalue weighted by Gasteiger charge is -2.33. The number of nitrogens with two attached hydrogens (primary N) is 1. The summed E-state index contributed by atoms with van der Waals surface area (Å²) in [6.45, 7) is 5.42. The van der Waals surface area contributed by atoms with Crippen molar-refractivity contribution in [2.75, 3.05) is 25.0 Å². The zero-order valence-electron chi connectivity index (χ0n) is 17.5. The van der Waals surface area contributed by atoms with E-state index < -0.39 is 0 Å². The lowest BCUT2D eigenvalue weighted by atomic mass is 9.91. The molecule has 3 rings (SSSR count). The van der Waals surface area contributed by atoms with Crippen LogP contribution in [0.1, 0.15) is 58.3 Å². The summed E-state index contributed by atoms with van der Waals surface area (Å²) < 4.78 is 0. The van der Waals surface area contributed by atoms with Gasteiger partial charge in [0.1, 0.15) is 0 Å². The van der Waals surface area contributed by atoms with Crippen LogP contribution in [-0.2, 0) is 0 Å². The van der Waals surface area contributed by atoms with Crippen molar-refractivity contribution in [2.24, 2.45) is 10.7 Å². The highest BCUT2D eigenvalue weighted by Gasteiger charge is 2.23. The summed E-state index contributed by atoms with van der Waals surface area (Å²) in [6, 6.07) is 6.55. The highest BCUT2D eigenvalue weighted by Crippen LogP contribution is 2.25. The molecule has 0 aromatic heterocycles. The van der Waals surface area contributed by atoms with Crippen molar-refractivity contribution in [2.45, 2.75) is 76.4 Å². The first-order valence-corrected chi connectivity index (χ1v) is 11.8. The zero-order chi connectivity index (χ0) is 20.6. The topological polar surface area (TPSA) is 65.7 Å². The number of halogens is 2. The Morgan fingerprint density at radius 1 is 1.17 bits per heavy atom. The minimum atomic E-state index is 0.158. The molecule has 3 atom stereocenters. The first-order valence-electron chi connectivity index (χ1n) is 11.1. The third-order valence-electron chi connectivity index (χ3n) is 6.14. The Kier molecular flexibility index (Phi) is 8.91. The monoisotopic (exact) mass is 439 g/mol. The number of nitrogens with one attached hydrogen (secondary N) is 2. The number of piperidine rings is 1. The van der Waals surface area contributed by atoms with Gasteiger partial charge in [-0.3, -0.25) is 4.99 Å². The fraction of sp³-hybridized carbons (Fsp3) is 0.682. The molecule has 1 heterocycles. The van der Waals surface area contributed by atoms with Gasteiger partial charge in [-0.15, -0.1) is 0 Å². The van der Waals surface area contributed by atoms with Crippen LogP contribution in [0.3, 0.4) is 0 Å². The van der Waals surface area contributed by atoms with Gasteiger partial charge in [-0.2, -0.15) is 0 Å². The van der Waals surface area contributed by atoms with Crippen LogP contribution in [0, 0.1) is 0 Å². The summed E-state index contributed by atoms with van der Waals surface area (Å²) in [5, 5.41) is 8.13. The van der Waals surface area contributed by atoms with Gasteiger partial charge in [0.15, 0.2) is 5.96 Å². The van der Waals surface area contributed by atoms with Crippen LogP contribution in [0.15, 0.2) is 23.2 Å². The van der Waals surface area contributed by atoms with E-state index in [4.69, 9.17) is 33.9 Å². The fourth-order valence-electron chi connectivity index (χ4n) is 4.31. The van der Waals surface area contributed by atoms with E-state index in [0.29, 0.717) is 16.1 Å². The van der Waals surface area contributed by atoms with Gasteiger partial charge in [0.25, 0.3) is 0 Å². The summed E-state index contributed by atoms with van der Waals surface area (Å²) in [5.41, 5.74) is 7.14.